The molecular formula is C20H19N3O5. The van der Waals surface area contributed by atoms with E-state index in [1.54, 1.807) is 32.0 Å². The lowest BCUT2D eigenvalue weighted by atomic mass is 10.2. The Morgan fingerprint density at radius 2 is 1.89 bits per heavy atom. The van der Waals surface area contributed by atoms with Crippen molar-refractivity contribution >= 4 is 17.7 Å². The Labute approximate surface area is 161 Å². The fraction of sp³-hybridized carbons (Fsp3) is 0.200. The Bertz CT molecular complexity index is 955. The van der Waals surface area contributed by atoms with Crippen LogP contribution in [0.2, 0.25) is 0 Å². The van der Waals surface area contributed by atoms with Crippen LogP contribution in [0.15, 0.2) is 59.0 Å². The number of hydrogen-bond donors (Lipinski definition) is 1. The number of nitrogens with zero attached hydrogens (tertiary/aromatic N) is 2. The average molecular weight is 381 g/mol. The van der Waals surface area contributed by atoms with E-state index in [2.05, 4.69) is 15.5 Å². The maximum absolute atomic E-state index is 12.4. The average Bonchev–Trinajstić information content (AvgIpc) is 3.19. The first-order valence-corrected chi connectivity index (χ1v) is 8.70. The van der Waals surface area contributed by atoms with Crippen LogP contribution < -0.4 is 5.32 Å². The third-order valence-corrected chi connectivity index (χ3v) is 3.71. The lowest BCUT2D eigenvalue weighted by Crippen LogP contribution is -2.14. The second-order valence-electron chi connectivity index (χ2n) is 5.79. The lowest BCUT2D eigenvalue weighted by molar-refractivity contribution is 0.0280. The highest BCUT2D eigenvalue weighted by atomic mass is 16.6. The summed E-state index contributed by atoms with van der Waals surface area (Å²) < 4.78 is 15.8. The van der Waals surface area contributed by atoms with Crippen molar-refractivity contribution in [1.29, 1.82) is 0 Å². The zero-order valence-electron chi connectivity index (χ0n) is 15.4. The summed E-state index contributed by atoms with van der Waals surface area (Å²) in [6.07, 6.45) is -1.33. The van der Waals surface area contributed by atoms with Crippen LogP contribution in [0.25, 0.3) is 11.5 Å². The molecule has 0 spiro atoms. The number of carbonyl (C=O) groups excluding carboxylic acids is 2. The van der Waals surface area contributed by atoms with Crippen molar-refractivity contribution in [1.82, 2.24) is 10.2 Å². The topological polar surface area (TPSA) is 104 Å². The van der Waals surface area contributed by atoms with Gasteiger partial charge in [0.2, 0.25) is 5.89 Å². The molecule has 0 radical (unpaired) electrons. The summed E-state index contributed by atoms with van der Waals surface area (Å²) >= 11 is 0. The minimum absolute atomic E-state index is 0.188. The second kappa shape index (κ2) is 8.81. The molecule has 3 aromatic rings. The van der Waals surface area contributed by atoms with Gasteiger partial charge in [-0.25, -0.2) is 9.59 Å². The van der Waals surface area contributed by atoms with Crippen LogP contribution in [0.3, 0.4) is 0 Å². The number of anilines is 1. The normalized spacial score (nSPS) is 11.5. The monoisotopic (exact) mass is 381 g/mol. The molecule has 1 amide bonds. The molecule has 1 heterocycles. The first kappa shape index (κ1) is 19.1. The third kappa shape index (κ3) is 4.73. The van der Waals surface area contributed by atoms with Gasteiger partial charge in [0.05, 0.1) is 12.2 Å². The molecule has 8 nitrogen and oxygen atoms in total. The van der Waals surface area contributed by atoms with Gasteiger partial charge in [-0.05, 0) is 44.2 Å². The number of esters is 1. The molecule has 144 valence electrons. The highest BCUT2D eigenvalue weighted by molar-refractivity contribution is 5.92. The van der Waals surface area contributed by atoms with Gasteiger partial charge in [0, 0.05) is 11.3 Å². The molecule has 8 heteroatoms. The molecule has 28 heavy (non-hydrogen) atoms. The second-order valence-corrected chi connectivity index (χ2v) is 5.79. The zero-order valence-corrected chi connectivity index (χ0v) is 15.4. The number of carbonyl (C=O) groups is 2. The Morgan fingerprint density at radius 3 is 2.64 bits per heavy atom. The largest absolute Gasteiger partial charge is 0.450 e. The van der Waals surface area contributed by atoms with Gasteiger partial charge < -0.3 is 13.9 Å². The predicted octanol–water partition coefficient (Wildman–Crippen LogP) is 4.22. The molecule has 0 saturated carbocycles. The molecule has 1 unspecified atom stereocenters. The summed E-state index contributed by atoms with van der Waals surface area (Å²) in [6, 6.07) is 15.6. The summed E-state index contributed by atoms with van der Waals surface area (Å²) in [5, 5.41) is 10.5. The molecule has 2 aromatic carbocycles. The van der Waals surface area contributed by atoms with Crippen LogP contribution in [0.5, 0.6) is 0 Å². The minimum Gasteiger partial charge on any atom is -0.450 e. The third-order valence-electron chi connectivity index (χ3n) is 3.71. The summed E-state index contributed by atoms with van der Waals surface area (Å²) in [4.78, 5) is 23.9. The van der Waals surface area contributed by atoms with Crippen LogP contribution in [0, 0.1) is 0 Å². The Balaban J connectivity index is 1.66. The highest BCUT2D eigenvalue weighted by Crippen LogP contribution is 2.23. The van der Waals surface area contributed by atoms with Gasteiger partial charge in [-0.15, -0.1) is 10.2 Å². The number of benzene rings is 2. The minimum atomic E-state index is -0.737. The Morgan fingerprint density at radius 1 is 1.11 bits per heavy atom. The summed E-state index contributed by atoms with van der Waals surface area (Å²) in [5.74, 6) is -0.0494. The van der Waals surface area contributed by atoms with Crippen molar-refractivity contribution in [3.63, 3.8) is 0 Å². The molecule has 1 aromatic heterocycles. The quantitative estimate of drug-likeness (QED) is 0.637. The highest BCUT2D eigenvalue weighted by Gasteiger charge is 2.20. The number of aromatic nitrogens is 2. The number of nitrogens with one attached hydrogen (secondary N) is 1. The first-order valence-electron chi connectivity index (χ1n) is 8.70. The molecule has 1 N–H and O–H groups in total. The summed E-state index contributed by atoms with van der Waals surface area (Å²) in [5.41, 5.74) is 1.46. The van der Waals surface area contributed by atoms with Crippen molar-refractivity contribution in [2.45, 2.75) is 20.0 Å². The van der Waals surface area contributed by atoms with Crippen molar-refractivity contribution < 1.29 is 23.5 Å². The van der Waals surface area contributed by atoms with E-state index >= 15 is 0 Å². The molecule has 0 saturated heterocycles. The van der Waals surface area contributed by atoms with Crippen LogP contribution in [0.4, 0.5) is 10.5 Å². The molecule has 0 bridgehead atoms. The smallest absolute Gasteiger partial charge is 0.411 e. The van der Waals surface area contributed by atoms with E-state index in [0.29, 0.717) is 11.6 Å². The Kier molecular flexibility index (Phi) is 6.01. The molecular weight excluding hydrogens is 362 g/mol. The molecule has 0 aliphatic heterocycles. The van der Waals surface area contributed by atoms with Crippen molar-refractivity contribution in [2.75, 3.05) is 11.9 Å². The molecule has 0 aliphatic carbocycles. The molecule has 0 fully saturated rings. The van der Waals surface area contributed by atoms with E-state index < -0.39 is 18.2 Å². The summed E-state index contributed by atoms with van der Waals surface area (Å²) in [6.45, 7) is 3.59. The van der Waals surface area contributed by atoms with Gasteiger partial charge in [-0.2, -0.15) is 0 Å². The van der Waals surface area contributed by atoms with Gasteiger partial charge in [0.1, 0.15) is 0 Å². The lowest BCUT2D eigenvalue weighted by Gasteiger charge is -2.10. The van der Waals surface area contributed by atoms with E-state index in [9.17, 15) is 9.59 Å². The number of ether oxygens (including phenoxy) is 2. The maximum atomic E-state index is 12.4. The van der Waals surface area contributed by atoms with E-state index in [1.807, 2.05) is 30.3 Å². The zero-order chi connectivity index (χ0) is 19.9. The SMILES string of the molecule is CCOC(=O)Nc1cccc(C(=O)OC(C)c2nnc(-c3ccccc3)o2)c1. The Hall–Kier alpha value is -3.68. The molecule has 0 aliphatic rings. The van der Waals surface area contributed by atoms with Gasteiger partial charge >= 0.3 is 12.1 Å². The van der Waals surface area contributed by atoms with E-state index in [4.69, 9.17) is 13.9 Å². The standard InChI is InChI=1S/C20H19N3O5/c1-3-26-20(25)21-16-11-7-10-15(12-16)19(24)27-13(2)17-22-23-18(28-17)14-8-5-4-6-9-14/h4-13H,3H2,1-2H3,(H,21,25). The number of rotatable bonds is 6. The van der Waals surface area contributed by atoms with Crippen molar-refractivity contribution in [3.05, 3.63) is 66.1 Å². The van der Waals surface area contributed by atoms with E-state index in [0.717, 1.165) is 5.56 Å². The first-order chi connectivity index (χ1) is 13.6. The van der Waals surface area contributed by atoms with Crippen LogP contribution >= 0.6 is 0 Å². The van der Waals surface area contributed by atoms with Crippen LogP contribution in [-0.4, -0.2) is 28.9 Å². The van der Waals surface area contributed by atoms with E-state index in [1.165, 1.54) is 6.07 Å². The molecule has 1 atom stereocenters. The van der Waals surface area contributed by atoms with Crippen LogP contribution in [-0.2, 0) is 9.47 Å². The van der Waals surface area contributed by atoms with E-state index in [-0.39, 0.29) is 18.1 Å². The number of hydrogen-bond acceptors (Lipinski definition) is 7. The predicted molar refractivity (Wildman–Crippen MR) is 101 cm³/mol. The van der Waals surface area contributed by atoms with Crippen molar-refractivity contribution in [3.8, 4) is 11.5 Å². The van der Waals surface area contributed by atoms with Gasteiger partial charge in [0.25, 0.3) is 5.89 Å². The summed E-state index contributed by atoms with van der Waals surface area (Å²) in [7, 11) is 0. The fourth-order valence-corrected chi connectivity index (χ4v) is 2.38. The van der Waals surface area contributed by atoms with Crippen LogP contribution in [0.1, 0.15) is 36.2 Å². The fourth-order valence-electron chi connectivity index (χ4n) is 2.38. The van der Waals surface area contributed by atoms with Gasteiger partial charge in [-0.1, -0.05) is 24.3 Å². The molecule has 3 rings (SSSR count). The van der Waals surface area contributed by atoms with Gasteiger partial charge in [0.15, 0.2) is 6.10 Å². The number of amides is 1. The maximum Gasteiger partial charge on any atom is 0.411 e. The van der Waals surface area contributed by atoms with Crippen molar-refractivity contribution in [2.24, 2.45) is 0 Å². The van der Waals surface area contributed by atoms with Gasteiger partial charge in [-0.3, -0.25) is 5.32 Å².